The van der Waals surface area contributed by atoms with Gasteiger partial charge < -0.3 is 0 Å². The van der Waals surface area contributed by atoms with Gasteiger partial charge in [0.15, 0.2) is 0 Å². The van der Waals surface area contributed by atoms with Crippen LogP contribution < -0.4 is 0 Å². The van der Waals surface area contributed by atoms with Crippen LogP contribution in [0.5, 0.6) is 0 Å². The van der Waals surface area contributed by atoms with Crippen molar-refractivity contribution >= 4 is 33.6 Å². The molecule has 1 aromatic carbocycles. The van der Waals surface area contributed by atoms with Crippen molar-refractivity contribution in [3.8, 4) is 0 Å². The molecule has 0 saturated carbocycles. The second-order valence-corrected chi connectivity index (χ2v) is 3.74. The summed E-state index contributed by atoms with van der Waals surface area (Å²) in [5.41, 5.74) is 2.58. The summed E-state index contributed by atoms with van der Waals surface area (Å²) in [5, 5.41) is 0.799. The fourth-order valence-electron chi connectivity index (χ4n) is 1.27. The normalized spacial score (nSPS) is 13.6. The lowest BCUT2D eigenvalue weighted by Gasteiger charge is -2.02. The summed E-state index contributed by atoms with van der Waals surface area (Å²) in [6.07, 6.45) is 5.26. The molecule has 0 spiro atoms. The maximum absolute atomic E-state index is 5.92. The molecule has 1 aliphatic rings. The van der Waals surface area contributed by atoms with Crippen LogP contribution in [-0.4, -0.2) is 0 Å². The Bertz CT molecular complexity index is 329. The van der Waals surface area contributed by atoms with Crippen LogP contribution in [-0.2, 0) is 6.42 Å². The van der Waals surface area contributed by atoms with E-state index in [4.69, 9.17) is 11.6 Å². The molecule has 0 atom stereocenters. The molecule has 0 unspecified atom stereocenters. The number of fused-ring (bicyclic) bond motifs is 1. The smallest absolute Gasteiger partial charge is 0.0551 e. The quantitative estimate of drug-likeness (QED) is 0.637. The Hall–Kier alpha value is -0.270. The van der Waals surface area contributed by atoms with E-state index in [0.717, 1.165) is 15.9 Å². The predicted octanol–water partition coefficient (Wildman–Crippen LogP) is 3.67. The summed E-state index contributed by atoms with van der Waals surface area (Å²) in [7, 11) is 0. The first kappa shape index (κ1) is 7.38. The standard InChI is InChI=1S/C9H6BrCl/c10-9-7-3-1-2-6(7)4-5-8(9)11/h1-2,4-5H,3H2. The van der Waals surface area contributed by atoms with Crippen LogP contribution in [0.25, 0.3) is 6.08 Å². The first-order chi connectivity index (χ1) is 5.29. The van der Waals surface area contributed by atoms with Crippen molar-refractivity contribution in [1.29, 1.82) is 0 Å². The van der Waals surface area contributed by atoms with Gasteiger partial charge in [-0.15, -0.1) is 0 Å². The van der Waals surface area contributed by atoms with Crippen molar-refractivity contribution in [3.63, 3.8) is 0 Å². The van der Waals surface area contributed by atoms with Crippen LogP contribution in [0.1, 0.15) is 11.1 Å². The van der Waals surface area contributed by atoms with Crippen molar-refractivity contribution in [2.45, 2.75) is 6.42 Å². The van der Waals surface area contributed by atoms with Gasteiger partial charge in [0.1, 0.15) is 0 Å². The van der Waals surface area contributed by atoms with E-state index in [2.05, 4.69) is 28.1 Å². The van der Waals surface area contributed by atoms with Crippen molar-refractivity contribution in [1.82, 2.24) is 0 Å². The van der Waals surface area contributed by atoms with Gasteiger partial charge in [-0.2, -0.15) is 0 Å². The van der Waals surface area contributed by atoms with Gasteiger partial charge in [-0.3, -0.25) is 0 Å². The third kappa shape index (κ3) is 1.13. The van der Waals surface area contributed by atoms with Gasteiger partial charge in [-0.1, -0.05) is 29.8 Å². The highest BCUT2D eigenvalue weighted by atomic mass is 79.9. The first-order valence-electron chi connectivity index (χ1n) is 3.42. The number of hydrogen-bond donors (Lipinski definition) is 0. The average molecular weight is 230 g/mol. The molecule has 0 nitrogen and oxygen atoms in total. The largest absolute Gasteiger partial charge is 0.0831 e. The molecule has 0 saturated heterocycles. The molecule has 2 heteroatoms. The molecule has 0 aromatic heterocycles. The van der Waals surface area contributed by atoms with Crippen molar-refractivity contribution in [3.05, 3.63) is 38.8 Å². The number of rotatable bonds is 0. The molecule has 56 valence electrons. The van der Waals surface area contributed by atoms with Gasteiger partial charge in [0.2, 0.25) is 0 Å². The second kappa shape index (κ2) is 2.65. The molecule has 0 aliphatic heterocycles. The molecule has 0 amide bonds. The van der Waals surface area contributed by atoms with Crippen molar-refractivity contribution in [2.75, 3.05) is 0 Å². The Morgan fingerprint density at radius 3 is 3.00 bits per heavy atom. The van der Waals surface area contributed by atoms with Gasteiger partial charge >= 0.3 is 0 Å². The monoisotopic (exact) mass is 228 g/mol. The van der Waals surface area contributed by atoms with E-state index in [9.17, 15) is 0 Å². The molecule has 1 aliphatic carbocycles. The molecule has 11 heavy (non-hydrogen) atoms. The van der Waals surface area contributed by atoms with Crippen LogP contribution in [0, 0.1) is 0 Å². The molecular formula is C9H6BrCl. The minimum absolute atomic E-state index is 0.799. The highest BCUT2D eigenvalue weighted by Gasteiger charge is 2.10. The van der Waals surface area contributed by atoms with E-state index in [1.54, 1.807) is 0 Å². The van der Waals surface area contributed by atoms with Crippen LogP contribution in [0.2, 0.25) is 5.02 Å². The summed E-state index contributed by atoms with van der Waals surface area (Å²) in [6.45, 7) is 0. The lowest BCUT2D eigenvalue weighted by Crippen LogP contribution is -1.83. The summed E-state index contributed by atoms with van der Waals surface area (Å²) in [6, 6.07) is 3.96. The fraction of sp³-hybridized carbons (Fsp3) is 0.111. The summed E-state index contributed by atoms with van der Waals surface area (Å²) < 4.78 is 1.04. The summed E-state index contributed by atoms with van der Waals surface area (Å²) >= 11 is 9.38. The predicted molar refractivity (Wildman–Crippen MR) is 51.9 cm³/mol. The third-order valence-electron chi connectivity index (χ3n) is 1.85. The maximum atomic E-state index is 5.92. The fourth-order valence-corrected chi connectivity index (χ4v) is 1.97. The number of allylic oxidation sites excluding steroid dienone is 1. The van der Waals surface area contributed by atoms with Crippen LogP contribution >= 0.6 is 27.5 Å². The van der Waals surface area contributed by atoms with Crippen LogP contribution in [0.4, 0.5) is 0 Å². The van der Waals surface area contributed by atoms with E-state index < -0.39 is 0 Å². The molecule has 0 N–H and O–H groups in total. The zero-order chi connectivity index (χ0) is 7.84. The molecule has 0 bridgehead atoms. The molecule has 0 radical (unpaired) electrons. The molecule has 0 heterocycles. The zero-order valence-electron chi connectivity index (χ0n) is 5.77. The second-order valence-electron chi connectivity index (χ2n) is 2.54. The zero-order valence-corrected chi connectivity index (χ0v) is 8.11. The van der Waals surface area contributed by atoms with E-state index in [1.807, 2.05) is 12.1 Å². The van der Waals surface area contributed by atoms with Gasteiger partial charge in [0.25, 0.3) is 0 Å². The minimum atomic E-state index is 0.799. The molecule has 2 rings (SSSR count). The molecular weight excluding hydrogens is 223 g/mol. The van der Waals surface area contributed by atoms with E-state index in [1.165, 1.54) is 11.1 Å². The maximum Gasteiger partial charge on any atom is 0.0551 e. The number of benzene rings is 1. The number of hydrogen-bond acceptors (Lipinski definition) is 0. The Balaban J connectivity index is 2.67. The SMILES string of the molecule is Clc1ccc2c(c1Br)CC=C2. The highest BCUT2D eigenvalue weighted by molar-refractivity contribution is 9.10. The molecule has 0 fully saturated rings. The average Bonchev–Trinajstić information content (AvgIpc) is 2.45. The van der Waals surface area contributed by atoms with Gasteiger partial charge in [-0.05, 0) is 39.5 Å². The van der Waals surface area contributed by atoms with Crippen molar-refractivity contribution < 1.29 is 0 Å². The van der Waals surface area contributed by atoms with Gasteiger partial charge in [0, 0.05) is 4.47 Å². The lowest BCUT2D eigenvalue weighted by molar-refractivity contribution is 1.29. The third-order valence-corrected chi connectivity index (χ3v) is 3.30. The van der Waals surface area contributed by atoms with E-state index in [-0.39, 0.29) is 0 Å². The Morgan fingerprint density at radius 2 is 2.18 bits per heavy atom. The number of halogens is 2. The first-order valence-corrected chi connectivity index (χ1v) is 4.59. The Morgan fingerprint density at radius 1 is 1.36 bits per heavy atom. The van der Waals surface area contributed by atoms with Crippen LogP contribution in [0.3, 0.4) is 0 Å². The summed E-state index contributed by atoms with van der Waals surface area (Å²) in [5.74, 6) is 0. The Kier molecular flexibility index (Phi) is 1.78. The molecule has 1 aromatic rings. The summed E-state index contributed by atoms with van der Waals surface area (Å²) in [4.78, 5) is 0. The van der Waals surface area contributed by atoms with Crippen LogP contribution in [0.15, 0.2) is 22.7 Å². The van der Waals surface area contributed by atoms with E-state index >= 15 is 0 Å². The Labute approximate surface area is 79.0 Å². The van der Waals surface area contributed by atoms with E-state index in [0.29, 0.717) is 0 Å². The highest BCUT2D eigenvalue weighted by Crippen LogP contribution is 2.32. The lowest BCUT2D eigenvalue weighted by atomic mass is 10.1. The van der Waals surface area contributed by atoms with Crippen molar-refractivity contribution in [2.24, 2.45) is 0 Å². The minimum Gasteiger partial charge on any atom is -0.0831 e. The topological polar surface area (TPSA) is 0 Å². The van der Waals surface area contributed by atoms with Gasteiger partial charge in [-0.25, -0.2) is 0 Å². The van der Waals surface area contributed by atoms with Gasteiger partial charge in [0.05, 0.1) is 5.02 Å².